The summed E-state index contributed by atoms with van der Waals surface area (Å²) in [6.07, 6.45) is 4.33. The molecule has 0 aromatic carbocycles. The van der Waals surface area contributed by atoms with Gasteiger partial charge in [-0.25, -0.2) is 0 Å². The molecule has 0 spiro atoms. The van der Waals surface area contributed by atoms with Crippen LogP contribution in [0.4, 0.5) is 0 Å². The van der Waals surface area contributed by atoms with E-state index in [0.29, 0.717) is 0 Å². The Morgan fingerprint density at radius 3 is 2.50 bits per heavy atom. The van der Waals surface area contributed by atoms with Crippen molar-refractivity contribution in [3.8, 4) is 0 Å². The topological polar surface area (TPSA) is 12.4 Å². The lowest BCUT2D eigenvalue weighted by molar-refractivity contribution is 1.50. The Bertz CT molecular complexity index is 86.1. The molecule has 0 radical (unpaired) electrons. The molecule has 1 aliphatic carbocycles. The van der Waals surface area contributed by atoms with Crippen LogP contribution >= 0.6 is 0 Å². The van der Waals surface area contributed by atoms with E-state index in [1.807, 2.05) is 6.20 Å². The van der Waals surface area contributed by atoms with E-state index < -0.39 is 0 Å². The highest BCUT2D eigenvalue weighted by molar-refractivity contribution is 5.28. The van der Waals surface area contributed by atoms with Gasteiger partial charge in [-0.15, -0.1) is 0 Å². The van der Waals surface area contributed by atoms with E-state index in [-0.39, 0.29) is 0 Å². The molecule has 1 nitrogen and oxygen atoms in total. The average molecular weight is 81.1 g/mol. The summed E-state index contributed by atoms with van der Waals surface area (Å²) in [4.78, 5) is 3.59. The summed E-state index contributed by atoms with van der Waals surface area (Å²) in [6, 6.07) is 0. The first-order valence-corrected chi connectivity index (χ1v) is 2.07. The Balaban J connectivity index is 2.42. The van der Waals surface area contributed by atoms with Gasteiger partial charge in [-0.3, -0.25) is 4.99 Å². The average Bonchev–Trinajstić information content (AvgIpc) is 2.21. The number of rotatable bonds is 1. The number of hydrogen-bond donors (Lipinski definition) is 0. The molecule has 0 aromatic heterocycles. The Kier molecular flexibility index (Phi) is 0.748. The van der Waals surface area contributed by atoms with E-state index in [2.05, 4.69) is 11.7 Å². The van der Waals surface area contributed by atoms with Crippen LogP contribution in [0.5, 0.6) is 0 Å². The Morgan fingerprint density at radius 2 is 2.33 bits per heavy atom. The van der Waals surface area contributed by atoms with Crippen LogP contribution in [0.2, 0.25) is 0 Å². The molecule has 0 N–H and O–H groups in total. The molecule has 1 heteroatoms. The predicted octanol–water partition coefficient (Wildman–Crippen LogP) is 1.36. The van der Waals surface area contributed by atoms with Crippen LogP contribution in [-0.2, 0) is 0 Å². The lowest BCUT2D eigenvalue weighted by Gasteiger charge is -1.60. The van der Waals surface area contributed by atoms with Gasteiger partial charge in [0.05, 0.1) is 0 Å². The maximum Gasteiger partial charge on any atom is 0.0252 e. The van der Waals surface area contributed by atoms with Crippen molar-refractivity contribution in [3.63, 3.8) is 0 Å². The minimum absolute atomic E-state index is 1.25. The quantitative estimate of drug-likeness (QED) is 0.423. The maximum atomic E-state index is 3.59. The largest absolute Gasteiger partial charge is 0.273 e. The fraction of sp³-hybridized carbons (Fsp3) is 0.400. The van der Waals surface area contributed by atoms with Gasteiger partial charge in [-0.05, 0) is 19.6 Å². The molecule has 0 unspecified atom stereocenters. The molecule has 0 bridgehead atoms. The summed E-state index contributed by atoms with van der Waals surface area (Å²) in [7, 11) is 0. The highest BCUT2D eigenvalue weighted by Crippen LogP contribution is 2.26. The normalized spacial score (nSPS) is 17.0. The van der Waals surface area contributed by atoms with Crippen molar-refractivity contribution in [2.45, 2.75) is 12.8 Å². The van der Waals surface area contributed by atoms with Crippen LogP contribution in [0.1, 0.15) is 12.8 Å². The number of aliphatic imine (C=N–C) groups is 1. The zero-order valence-electron chi connectivity index (χ0n) is 3.65. The van der Waals surface area contributed by atoms with E-state index >= 15 is 0 Å². The molecule has 0 heterocycles. The van der Waals surface area contributed by atoms with E-state index in [4.69, 9.17) is 0 Å². The Labute approximate surface area is 37.4 Å². The lowest BCUT2D eigenvalue weighted by atomic mass is 10.7. The summed E-state index contributed by atoms with van der Waals surface area (Å²) >= 11 is 0. The van der Waals surface area contributed by atoms with Crippen LogP contribution in [0.25, 0.3) is 0 Å². The zero-order chi connectivity index (χ0) is 4.41. The van der Waals surface area contributed by atoms with Crippen molar-refractivity contribution < 1.29 is 0 Å². The van der Waals surface area contributed by atoms with Crippen molar-refractivity contribution in [2.24, 2.45) is 4.99 Å². The lowest BCUT2D eigenvalue weighted by Crippen LogP contribution is -1.39. The molecular weight excluding hydrogens is 74.1 g/mol. The van der Waals surface area contributed by atoms with Crippen molar-refractivity contribution in [1.29, 1.82) is 0 Å². The van der Waals surface area contributed by atoms with Gasteiger partial charge in [0.25, 0.3) is 0 Å². The van der Waals surface area contributed by atoms with E-state index in [1.54, 1.807) is 0 Å². The van der Waals surface area contributed by atoms with Crippen LogP contribution in [0.3, 0.4) is 0 Å². The summed E-state index contributed by atoms with van der Waals surface area (Å²) in [5.41, 5.74) is 1.44. The van der Waals surface area contributed by atoms with Crippen molar-refractivity contribution in [3.05, 3.63) is 11.8 Å². The van der Waals surface area contributed by atoms with Gasteiger partial charge in [0.2, 0.25) is 0 Å². The molecule has 1 saturated carbocycles. The van der Waals surface area contributed by atoms with Crippen molar-refractivity contribution in [1.82, 2.24) is 0 Å². The first-order valence-electron chi connectivity index (χ1n) is 2.07. The number of nitrogens with zero attached hydrogens (tertiary/aromatic N) is 1. The van der Waals surface area contributed by atoms with Gasteiger partial charge in [-0.1, -0.05) is 5.57 Å². The highest BCUT2D eigenvalue weighted by Gasteiger charge is 2.08. The minimum Gasteiger partial charge on any atom is -0.273 e. The first-order chi connectivity index (χ1) is 2.93. The second kappa shape index (κ2) is 1.25. The third-order valence-electron chi connectivity index (χ3n) is 0.813. The minimum atomic E-state index is 1.25. The second-order valence-corrected chi connectivity index (χ2v) is 1.47. The molecule has 1 rings (SSSR count). The van der Waals surface area contributed by atoms with E-state index in [0.717, 1.165) is 0 Å². The standard InChI is InChI=1S/C5H7N/c1-6-4-5-2-3-5/h4H,1-3H2. The third kappa shape index (κ3) is 0.677. The SMILES string of the molecule is C=NC=C1CC1. The van der Waals surface area contributed by atoms with Crippen molar-refractivity contribution in [2.75, 3.05) is 0 Å². The first kappa shape index (κ1) is 3.59. The monoisotopic (exact) mass is 81.1 g/mol. The number of allylic oxidation sites excluding steroid dienone is 1. The molecule has 32 valence electrons. The molecule has 1 aliphatic rings. The predicted molar refractivity (Wildman–Crippen MR) is 26.9 cm³/mol. The Morgan fingerprint density at radius 1 is 1.67 bits per heavy atom. The van der Waals surface area contributed by atoms with Gasteiger partial charge in [0.1, 0.15) is 0 Å². The second-order valence-electron chi connectivity index (χ2n) is 1.47. The smallest absolute Gasteiger partial charge is 0.0252 e. The van der Waals surface area contributed by atoms with Crippen molar-refractivity contribution >= 4 is 6.72 Å². The van der Waals surface area contributed by atoms with Crippen LogP contribution in [-0.4, -0.2) is 6.72 Å². The van der Waals surface area contributed by atoms with E-state index in [9.17, 15) is 0 Å². The molecule has 0 amide bonds. The molecule has 1 fully saturated rings. The summed E-state index contributed by atoms with van der Waals surface area (Å²) < 4.78 is 0. The molecule has 0 aliphatic heterocycles. The molecule has 0 saturated heterocycles. The summed E-state index contributed by atoms with van der Waals surface area (Å²) in [5.74, 6) is 0. The highest BCUT2D eigenvalue weighted by atomic mass is 14.6. The third-order valence-corrected chi connectivity index (χ3v) is 0.813. The summed E-state index contributed by atoms with van der Waals surface area (Å²) in [6.45, 7) is 3.31. The van der Waals surface area contributed by atoms with Crippen LogP contribution in [0, 0.1) is 0 Å². The molecular formula is C5H7N. The molecule has 6 heavy (non-hydrogen) atoms. The van der Waals surface area contributed by atoms with Crippen LogP contribution in [0.15, 0.2) is 16.8 Å². The fourth-order valence-electron chi connectivity index (χ4n) is 0.330. The zero-order valence-corrected chi connectivity index (χ0v) is 3.65. The molecule has 0 atom stereocenters. The Hall–Kier alpha value is -0.590. The maximum absolute atomic E-state index is 3.59. The molecule has 0 aromatic rings. The number of hydrogen-bond acceptors (Lipinski definition) is 1. The van der Waals surface area contributed by atoms with Gasteiger partial charge >= 0.3 is 0 Å². The van der Waals surface area contributed by atoms with Gasteiger partial charge in [0.15, 0.2) is 0 Å². The van der Waals surface area contributed by atoms with Crippen LogP contribution < -0.4 is 0 Å². The van der Waals surface area contributed by atoms with E-state index in [1.165, 1.54) is 18.4 Å². The van der Waals surface area contributed by atoms with Gasteiger partial charge < -0.3 is 0 Å². The van der Waals surface area contributed by atoms with Gasteiger partial charge in [-0.2, -0.15) is 0 Å². The summed E-state index contributed by atoms with van der Waals surface area (Å²) in [5, 5.41) is 0. The fourth-order valence-corrected chi connectivity index (χ4v) is 0.330. The van der Waals surface area contributed by atoms with Gasteiger partial charge in [0, 0.05) is 6.20 Å².